The summed E-state index contributed by atoms with van der Waals surface area (Å²) >= 11 is 5.75. The number of alkyl halides is 3. The van der Waals surface area contributed by atoms with Crippen LogP contribution in [0.4, 0.5) is 18.9 Å². The zero-order valence-corrected chi connectivity index (χ0v) is 11.4. The molecule has 0 heterocycles. The van der Waals surface area contributed by atoms with Crippen molar-refractivity contribution in [1.29, 1.82) is 0 Å². The highest BCUT2D eigenvalue weighted by Gasteiger charge is 2.30. The summed E-state index contributed by atoms with van der Waals surface area (Å²) in [5.41, 5.74) is -0.398. The Morgan fingerprint density at radius 1 is 1.45 bits per heavy atom. The maximum absolute atomic E-state index is 12.4. The number of ether oxygens (including phenoxy) is 1. The SMILES string of the molecule is C=C(CNc1ccc(C(F)(F)F)cc1Cl)C(=O)OCC. The van der Waals surface area contributed by atoms with Gasteiger partial charge in [0.15, 0.2) is 0 Å². The molecule has 20 heavy (non-hydrogen) atoms. The number of carbonyl (C=O) groups excluding carboxylic acids is 1. The number of halogens is 4. The molecule has 0 spiro atoms. The van der Waals surface area contributed by atoms with E-state index in [0.717, 1.165) is 12.1 Å². The molecule has 1 rings (SSSR count). The molecule has 7 heteroatoms. The summed E-state index contributed by atoms with van der Waals surface area (Å²) in [5.74, 6) is -0.567. The molecule has 0 aliphatic rings. The van der Waals surface area contributed by atoms with Crippen LogP contribution in [0.2, 0.25) is 5.02 Å². The van der Waals surface area contributed by atoms with Gasteiger partial charge >= 0.3 is 12.1 Å². The summed E-state index contributed by atoms with van der Waals surface area (Å²) < 4.78 is 42.1. The largest absolute Gasteiger partial charge is 0.463 e. The van der Waals surface area contributed by atoms with E-state index in [4.69, 9.17) is 16.3 Å². The van der Waals surface area contributed by atoms with Crippen molar-refractivity contribution in [3.8, 4) is 0 Å². The summed E-state index contributed by atoms with van der Waals surface area (Å²) in [6, 6.07) is 2.92. The van der Waals surface area contributed by atoms with Crippen LogP contribution < -0.4 is 5.32 Å². The molecule has 0 saturated carbocycles. The molecular formula is C13H13ClF3NO2. The second kappa shape index (κ2) is 6.65. The number of esters is 1. The first kappa shape index (κ1) is 16.4. The molecule has 0 aliphatic heterocycles. The van der Waals surface area contributed by atoms with Crippen LogP contribution in [-0.2, 0) is 15.7 Å². The second-order valence-electron chi connectivity index (χ2n) is 3.87. The van der Waals surface area contributed by atoms with Crippen LogP contribution in [-0.4, -0.2) is 19.1 Å². The van der Waals surface area contributed by atoms with E-state index >= 15 is 0 Å². The number of anilines is 1. The number of rotatable bonds is 5. The van der Waals surface area contributed by atoms with E-state index in [2.05, 4.69) is 11.9 Å². The van der Waals surface area contributed by atoms with Crippen LogP contribution in [0.25, 0.3) is 0 Å². The minimum absolute atomic E-state index is 0.0317. The van der Waals surface area contributed by atoms with Gasteiger partial charge in [-0.2, -0.15) is 13.2 Å². The van der Waals surface area contributed by atoms with Crippen molar-refractivity contribution in [3.63, 3.8) is 0 Å². The number of hydrogen-bond acceptors (Lipinski definition) is 3. The fourth-order valence-corrected chi connectivity index (χ4v) is 1.59. The topological polar surface area (TPSA) is 38.3 Å². The van der Waals surface area contributed by atoms with Gasteiger partial charge in [-0.05, 0) is 25.1 Å². The van der Waals surface area contributed by atoms with Crippen molar-refractivity contribution in [2.45, 2.75) is 13.1 Å². The van der Waals surface area contributed by atoms with E-state index in [1.165, 1.54) is 6.07 Å². The van der Waals surface area contributed by atoms with Gasteiger partial charge in [0.1, 0.15) is 0 Å². The lowest BCUT2D eigenvalue weighted by atomic mass is 10.2. The van der Waals surface area contributed by atoms with Crippen molar-refractivity contribution in [3.05, 3.63) is 40.9 Å². The van der Waals surface area contributed by atoms with Gasteiger partial charge in [0.05, 0.1) is 22.9 Å². The van der Waals surface area contributed by atoms with E-state index < -0.39 is 17.7 Å². The molecule has 0 aromatic heterocycles. The summed E-state index contributed by atoms with van der Waals surface area (Å²) in [6.07, 6.45) is -4.45. The maximum atomic E-state index is 12.4. The molecule has 0 bridgehead atoms. The Hall–Kier alpha value is -1.69. The first-order valence-electron chi connectivity index (χ1n) is 5.71. The average Bonchev–Trinajstić information content (AvgIpc) is 2.36. The van der Waals surface area contributed by atoms with Crippen molar-refractivity contribution in [1.82, 2.24) is 0 Å². The highest BCUT2D eigenvalue weighted by Crippen LogP contribution is 2.33. The van der Waals surface area contributed by atoms with Crippen molar-refractivity contribution < 1.29 is 22.7 Å². The molecule has 0 amide bonds. The van der Waals surface area contributed by atoms with Crippen LogP contribution >= 0.6 is 11.6 Å². The van der Waals surface area contributed by atoms with E-state index in [-0.39, 0.29) is 29.4 Å². The van der Waals surface area contributed by atoms with Crippen LogP contribution in [0.3, 0.4) is 0 Å². The Balaban J connectivity index is 2.70. The first-order valence-corrected chi connectivity index (χ1v) is 6.09. The van der Waals surface area contributed by atoms with Gasteiger partial charge in [0, 0.05) is 12.1 Å². The van der Waals surface area contributed by atoms with Crippen LogP contribution in [0, 0.1) is 0 Å². The minimum atomic E-state index is -4.45. The quantitative estimate of drug-likeness (QED) is 0.662. The molecule has 0 unspecified atom stereocenters. The third-order valence-electron chi connectivity index (χ3n) is 2.35. The second-order valence-corrected chi connectivity index (χ2v) is 4.28. The normalized spacial score (nSPS) is 11.1. The number of benzene rings is 1. The molecule has 3 nitrogen and oxygen atoms in total. The molecule has 1 aromatic rings. The van der Waals surface area contributed by atoms with Crippen molar-refractivity contribution >= 4 is 23.3 Å². The summed E-state index contributed by atoms with van der Waals surface area (Å²) in [5, 5.41) is 2.64. The van der Waals surface area contributed by atoms with Gasteiger partial charge < -0.3 is 10.1 Å². The van der Waals surface area contributed by atoms with Crippen molar-refractivity contribution in [2.75, 3.05) is 18.5 Å². The molecule has 0 aliphatic carbocycles. The molecule has 0 atom stereocenters. The Morgan fingerprint density at radius 3 is 2.60 bits per heavy atom. The predicted octanol–water partition coefficient (Wildman–Crippen LogP) is 3.89. The highest BCUT2D eigenvalue weighted by molar-refractivity contribution is 6.33. The van der Waals surface area contributed by atoms with Crippen molar-refractivity contribution in [2.24, 2.45) is 0 Å². The van der Waals surface area contributed by atoms with Gasteiger partial charge in [-0.15, -0.1) is 0 Å². The van der Waals surface area contributed by atoms with Gasteiger partial charge in [-0.25, -0.2) is 4.79 Å². The third kappa shape index (κ3) is 4.45. The molecule has 110 valence electrons. The summed E-state index contributed by atoms with van der Waals surface area (Å²) in [6.45, 7) is 5.43. The van der Waals surface area contributed by atoms with Gasteiger partial charge in [-0.1, -0.05) is 18.2 Å². The molecule has 1 aromatic carbocycles. The lowest BCUT2D eigenvalue weighted by Crippen LogP contribution is -2.15. The average molecular weight is 308 g/mol. The standard InChI is InChI=1S/C13H13ClF3NO2/c1-3-20-12(19)8(2)7-18-11-5-4-9(6-10(11)14)13(15,16)17/h4-6,18H,2-3,7H2,1H3. The van der Waals surface area contributed by atoms with Crippen LogP contribution in [0.1, 0.15) is 12.5 Å². The number of hydrogen-bond donors (Lipinski definition) is 1. The Kier molecular flexibility index (Phi) is 5.44. The van der Waals surface area contributed by atoms with Gasteiger partial charge in [-0.3, -0.25) is 0 Å². The monoisotopic (exact) mass is 307 g/mol. The number of carbonyl (C=O) groups is 1. The molecule has 0 radical (unpaired) electrons. The third-order valence-corrected chi connectivity index (χ3v) is 2.67. The zero-order valence-electron chi connectivity index (χ0n) is 10.7. The summed E-state index contributed by atoms with van der Waals surface area (Å²) in [7, 11) is 0. The first-order chi connectivity index (χ1) is 9.25. The lowest BCUT2D eigenvalue weighted by molar-refractivity contribution is -0.138. The lowest BCUT2D eigenvalue weighted by Gasteiger charge is -2.12. The fraction of sp³-hybridized carbons (Fsp3) is 0.308. The summed E-state index contributed by atoms with van der Waals surface area (Å²) in [4.78, 5) is 11.3. The van der Waals surface area contributed by atoms with E-state index in [0.29, 0.717) is 0 Å². The van der Waals surface area contributed by atoms with Crippen LogP contribution in [0.5, 0.6) is 0 Å². The predicted molar refractivity (Wildman–Crippen MR) is 70.7 cm³/mol. The minimum Gasteiger partial charge on any atom is -0.463 e. The zero-order chi connectivity index (χ0) is 15.3. The number of nitrogens with one attached hydrogen (secondary N) is 1. The Labute approximate surface area is 119 Å². The molecule has 1 N–H and O–H groups in total. The van der Waals surface area contributed by atoms with Gasteiger partial charge in [0.2, 0.25) is 0 Å². The van der Waals surface area contributed by atoms with Crippen LogP contribution in [0.15, 0.2) is 30.4 Å². The Bertz CT molecular complexity index is 515. The molecule has 0 saturated heterocycles. The van der Waals surface area contributed by atoms with Gasteiger partial charge in [0.25, 0.3) is 0 Å². The van der Waals surface area contributed by atoms with E-state index in [1.54, 1.807) is 6.92 Å². The molecular weight excluding hydrogens is 295 g/mol. The van der Waals surface area contributed by atoms with E-state index in [1.807, 2.05) is 0 Å². The maximum Gasteiger partial charge on any atom is 0.416 e. The Morgan fingerprint density at radius 2 is 2.10 bits per heavy atom. The van der Waals surface area contributed by atoms with E-state index in [9.17, 15) is 18.0 Å². The molecule has 0 fully saturated rings. The fourth-order valence-electron chi connectivity index (χ4n) is 1.34. The highest BCUT2D eigenvalue weighted by atomic mass is 35.5. The smallest absolute Gasteiger partial charge is 0.416 e.